The number of nitrogens with one attached hydrogen (secondary N) is 1. The van der Waals surface area contributed by atoms with Crippen LogP contribution in [-0.2, 0) is 16.4 Å². The number of aromatic carboxylic acids is 1. The second-order valence-corrected chi connectivity index (χ2v) is 11.4. The van der Waals surface area contributed by atoms with Gasteiger partial charge in [-0.15, -0.1) is 0 Å². The number of rotatable bonds is 6. The molecule has 176 valence electrons. The van der Waals surface area contributed by atoms with Crippen molar-refractivity contribution >= 4 is 26.8 Å². The smallest absolute Gasteiger partial charge is 0.540 e. The van der Waals surface area contributed by atoms with Crippen LogP contribution in [0.5, 0.6) is 0 Å². The fraction of sp³-hybridized carbons (Fsp3) is 0.440. The fourth-order valence-corrected chi connectivity index (χ4v) is 6.24. The number of carbonyl (C=O) groups excluding carboxylic acids is 1. The van der Waals surface area contributed by atoms with E-state index in [0.717, 1.165) is 25.7 Å². The first-order chi connectivity index (χ1) is 15.5. The van der Waals surface area contributed by atoms with E-state index in [-0.39, 0.29) is 56.3 Å². The van der Waals surface area contributed by atoms with E-state index in [9.17, 15) is 18.3 Å². The molecule has 34 heavy (non-hydrogen) atoms. The van der Waals surface area contributed by atoms with Crippen LogP contribution in [0.2, 0.25) is 0 Å². The Hall–Kier alpha value is -1.07. The molecule has 1 aromatic heterocycles. The molecule has 1 aliphatic carbocycles. The molecule has 0 spiro atoms. The summed E-state index contributed by atoms with van der Waals surface area (Å²) >= 11 is 0. The van der Waals surface area contributed by atoms with Crippen molar-refractivity contribution in [2.75, 3.05) is 0 Å². The standard InChI is InChI=1S/C25H30N2O5S.K/c1-25(2,3)27-33(30,31)21-14-13-19(17-11-7-8-12-18(17)21)22-20(32-23(26-22)24(28)29)15-16-9-5-4-6-10-16;/h7-8,11-14,16,27H,4-6,9-10,15H2,1-3H3,(H,28,29);/q;+1/p-1. The summed E-state index contributed by atoms with van der Waals surface area (Å²) in [6.45, 7) is 5.36. The maximum absolute atomic E-state index is 13.1. The number of hydrogen-bond donors (Lipinski definition) is 1. The van der Waals surface area contributed by atoms with E-state index in [1.807, 2.05) is 12.1 Å². The van der Waals surface area contributed by atoms with Crippen LogP contribution < -0.4 is 61.2 Å². The van der Waals surface area contributed by atoms with Gasteiger partial charge in [0.2, 0.25) is 15.9 Å². The van der Waals surface area contributed by atoms with Gasteiger partial charge in [-0.05, 0) is 38.1 Å². The summed E-state index contributed by atoms with van der Waals surface area (Å²) in [5, 5.41) is 12.7. The summed E-state index contributed by atoms with van der Waals surface area (Å²) < 4.78 is 34.5. The Morgan fingerprint density at radius 2 is 1.74 bits per heavy atom. The molecule has 2 aromatic carbocycles. The second kappa shape index (κ2) is 10.9. The molecule has 1 heterocycles. The summed E-state index contributed by atoms with van der Waals surface area (Å²) in [7, 11) is -3.78. The van der Waals surface area contributed by atoms with Gasteiger partial charge in [0.15, 0.2) is 0 Å². The Balaban J connectivity index is 0.00000324. The number of carbonyl (C=O) groups is 1. The van der Waals surface area contributed by atoms with Crippen molar-refractivity contribution in [3.05, 3.63) is 48.0 Å². The Kier molecular flexibility index (Phi) is 8.82. The van der Waals surface area contributed by atoms with Crippen LogP contribution in [0.15, 0.2) is 45.7 Å². The molecule has 1 N–H and O–H groups in total. The van der Waals surface area contributed by atoms with Crippen LogP contribution in [0.25, 0.3) is 22.0 Å². The molecule has 0 aliphatic heterocycles. The third-order valence-electron chi connectivity index (χ3n) is 5.94. The van der Waals surface area contributed by atoms with Crippen LogP contribution in [0.3, 0.4) is 0 Å². The van der Waals surface area contributed by atoms with Crippen LogP contribution in [0, 0.1) is 5.92 Å². The number of benzene rings is 2. The van der Waals surface area contributed by atoms with Crippen LogP contribution >= 0.6 is 0 Å². The normalized spacial score (nSPS) is 15.3. The molecule has 0 atom stereocenters. The van der Waals surface area contributed by atoms with Crippen LogP contribution in [-0.4, -0.2) is 24.9 Å². The summed E-state index contributed by atoms with van der Waals surface area (Å²) in [6, 6.07) is 10.4. The number of carboxylic acids is 1. The number of sulfonamides is 1. The SMILES string of the molecule is CC(C)(C)NS(=O)(=O)c1ccc(-c2nc(C(=O)[O-])oc2CC2CCCCC2)c2ccccc12.[K+]. The van der Waals surface area contributed by atoms with Crippen molar-refractivity contribution in [1.29, 1.82) is 0 Å². The minimum absolute atomic E-state index is 0. The molecule has 0 amide bonds. The Labute approximate surface area is 243 Å². The number of fused-ring (bicyclic) bond motifs is 1. The molecule has 1 fully saturated rings. The van der Waals surface area contributed by atoms with Gasteiger partial charge in [-0.25, -0.2) is 18.1 Å². The predicted molar refractivity (Wildman–Crippen MR) is 124 cm³/mol. The van der Waals surface area contributed by atoms with Gasteiger partial charge in [0.1, 0.15) is 17.4 Å². The van der Waals surface area contributed by atoms with Gasteiger partial charge in [0.05, 0.1) is 4.90 Å². The Morgan fingerprint density at radius 3 is 2.35 bits per heavy atom. The zero-order valence-electron chi connectivity index (χ0n) is 20.2. The first-order valence-electron chi connectivity index (χ1n) is 11.3. The minimum atomic E-state index is -3.78. The molecule has 1 saturated carbocycles. The van der Waals surface area contributed by atoms with Crippen LogP contribution in [0.1, 0.15) is 69.3 Å². The summed E-state index contributed by atoms with van der Waals surface area (Å²) in [6.07, 6.45) is 6.24. The first kappa shape index (κ1) is 27.5. The molecule has 1 aliphatic rings. The van der Waals surface area contributed by atoms with Gasteiger partial charge < -0.3 is 14.3 Å². The van der Waals surface area contributed by atoms with Crippen molar-refractivity contribution in [3.63, 3.8) is 0 Å². The molecule has 0 saturated heterocycles. The van der Waals surface area contributed by atoms with Crippen molar-refractivity contribution in [2.24, 2.45) is 5.92 Å². The average Bonchev–Trinajstić information content (AvgIpc) is 3.16. The molecule has 0 bridgehead atoms. The predicted octanol–water partition coefficient (Wildman–Crippen LogP) is 1.06. The van der Waals surface area contributed by atoms with E-state index in [1.54, 1.807) is 45.0 Å². The Bertz CT molecular complexity index is 1290. The maximum Gasteiger partial charge on any atom is 1.00 e. The van der Waals surface area contributed by atoms with E-state index in [4.69, 9.17) is 4.42 Å². The number of hydrogen-bond acceptors (Lipinski definition) is 6. The van der Waals surface area contributed by atoms with Crippen molar-refractivity contribution in [3.8, 4) is 11.3 Å². The summed E-state index contributed by atoms with van der Waals surface area (Å²) in [4.78, 5) is 15.9. The molecule has 0 radical (unpaired) electrons. The van der Waals surface area contributed by atoms with E-state index in [2.05, 4.69) is 9.71 Å². The van der Waals surface area contributed by atoms with E-state index >= 15 is 0 Å². The number of nitrogens with zero attached hydrogens (tertiary/aromatic N) is 1. The Morgan fingerprint density at radius 1 is 1.09 bits per heavy atom. The topological polar surface area (TPSA) is 112 Å². The van der Waals surface area contributed by atoms with E-state index in [0.29, 0.717) is 40.1 Å². The van der Waals surface area contributed by atoms with Crippen molar-refractivity contribution in [2.45, 2.75) is 69.7 Å². The molecule has 7 nitrogen and oxygen atoms in total. The third kappa shape index (κ3) is 6.18. The zero-order valence-corrected chi connectivity index (χ0v) is 24.1. The van der Waals surface area contributed by atoms with Gasteiger partial charge in [-0.1, -0.05) is 62.4 Å². The minimum Gasteiger partial charge on any atom is -0.540 e. The monoisotopic (exact) mass is 508 g/mol. The largest absolute Gasteiger partial charge is 1.00 e. The van der Waals surface area contributed by atoms with E-state index < -0.39 is 27.4 Å². The summed E-state index contributed by atoms with van der Waals surface area (Å²) in [5.74, 6) is -1.01. The van der Waals surface area contributed by atoms with Crippen LogP contribution in [0.4, 0.5) is 0 Å². The fourth-order valence-electron chi connectivity index (χ4n) is 4.61. The summed E-state index contributed by atoms with van der Waals surface area (Å²) in [5.41, 5.74) is 0.437. The van der Waals surface area contributed by atoms with Gasteiger partial charge in [0.25, 0.3) is 0 Å². The number of aromatic nitrogens is 1. The van der Waals surface area contributed by atoms with Crippen molar-refractivity contribution < 1.29 is 74.1 Å². The van der Waals surface area contributed by atoms with E-state index in [1.165, 1.54) is 6.42 Å². The third-order valence-corrected chi connectivity index (χ3v) is 7.76. The quantitative estimate of drug-likeness (QED) is 0.499. The maximum atomic E-state index is 13.1. The van der Waals surface area contributed by atoms with Gasteiger partial charge in [0, 0.05) is 22.9 Å². The van der Waals surface area contributed by atoms with Gasteiger partial charge in [-0.3, -0.25) is 0 Å². The number of carboxylic acid groups (broad SMARTS) is 1. The van der Waals surface area contributed by atoms with Crippen molar-refractivity contribution in [1.82, 2.24) is 9.71 Å². The molecule has 0 unspecified atom stereocenters. The molecular formula is C25H29KN2O5S. The van der Waals surface area contributed by atoms with Gasteiger partial charge in [-0.2, -0.15) is 0 Å². The molecule has 4 rings (SSSR count). The number of oxazole rings is 1. The zero-order chi connectivity index (χ0) is 23.8. The molecular weight excluding hydrogens is 479 g/mol. The van der Waals surface area contributed by atoms with Gasteiger partial charge >= 0.3 is 51.4 Å². The second-order valence-electron chi connectivity index (χ2n) is 9.80. The molecule has 9 heteroatoms. The molecule has 3 aromatic rings. The average molecular weight is 509 g/mol. The first-order valence-corrected chi connectivity index (χ1v) is 12.8.